The van der Waals surface area contributed by atoms with Gasteiger partial charge in [-0.1, -0.05) is 0 Å². The van der Waals surface area contributed by atoms with Crippen LogP contribution >= 0.6 is 0 Å². The van der Waals surface area contributed by atoms with E-state index in [1.165, 1.54) is 6.33 Å². The van der Waals surface area contributed by atoms with Crippen LogP contribution in [0.3, 0.4) is 0 Å². The first kappa shape index (κ1) is 14.0. The number of nitrogens with zero attached hydrogens (tertiary/aromatic N) is 3. The van der Waals surface area contributed by atoms with Gasteiger partial charge in [0.25, 0.3) is 0 Å². The molecule has 0 aromatic carbocycles. The predicted molar refractivity (Wildman–Crippen MR) is 75.7 cm³/mol. The lowest BCUT2D eigenvalue weighted by Crippen LogP contribution is -2.44. The van der Waals surface area contributed by atoms with Crippen molar-refractivity contribution in [3.63, 3.8) is 0 Å². The van der Waals surface area contributed by atoms with Crippen LogP contribution in [0.15, 0.2) is 6.33 Å². The van der Waals surface area contributed by atoms with E-state index in [1.54, 1.807) is 7.11 Å². The van der Waals surface area contributed by atoms with Gasteiger partial charge in [-0.15, -0.1) is 0 Å². The molecule has 1 aromatic rings. The molecule has 1 aromatic heterocycles. The monoisotopic (exact) mass is 265 g/mol. The highest BCUT2D eigenvalue weighted by atomic mass is 16.5. The van der Waals surface area contributed by atoms with Crippen LogP contribution in [0.25, 0.3) is 0 Å². The van der Waals surface area contributed by atoms with Crippen LogP contribution in [0.4, 0.5) is 5.82 Å². The van der Waals surface area contributed by atoms with Gasteiger partial charge in [-0.25, -0.2) is 9.97 Å². The van der Waals surface area contributed by atoms with Crippen LogP contribution in [0.1, 0.15) is 12.0 Å². The topological polar surface area (TPSA) is 62.3 Å². The predicted octanol–water partition coefficient (Wildman–Crippen LogP) is 0.501. The Hall–Kier alpha value is -1.40. The van der Waals surface area contributed by atoms with Crippen LogP contribution in [0.2, 0.25) is 0 Å². The minimum Gasteiger partial charge on any atom is -0.481 e. The number of hydrogen-bond acceptors (Lipinski definition) is 6. The summed E-state index contributed by atoms with van der Waals surface area (Å²) in [7, 11) is 1.63. The van der Waals surface area contributed by atoms with Gasteiger partial charge in [-0.05, 0) is 19.9 Å². The van der Waals surface area contributed by atoms with Gasteiger partial charge in [0, 0.05) is 32.7 Å². The quantitative estimate of drug-likeness (QED) is 0.730. The minimum absolute atomic E-state index is 0.639. The normalized spacial score (nSPS) is 16.3. The van der Waals surface area contributed by atoms with E-state index in [-0.39, 0.29) is 0 Å². The van der Waals surface area contributed by atoms with Gasteiger partial charge in [-0.3, -0.25) is 0 Å². The lowest BCUT2D eigenvalue weighted by Gasteiger charge is -2.27. The molecule has 1 saturated heterocycles. The molecule has 106 valence electrons. The summed E-state index contributed by atoms with van der Waals surface area (Å²) in [6.45, 7) is 8.55. The van der Waals surface area contributed by atoms with Gasteiger partial charge in [0.1, 0.15) is 12.1 Å². The van der Waals surface area contributed by atoms with Crippen LogP contribution in [-0.2, 0) is 0 Å². The van der Waals surface area contributed by atoms with E-state index in [1.807, 2.05) is 6.92 Å². The van der Waals surface area contributed by atoms with Crippen LogP contribution < -0.4 is 15.4 Å². The van der Waals surface area contributed by atoms with Crippen molar-refractivity contribution in [3.8, 4) is 5.88 Å². The summed E-state index contributed by atoms with van der Waals surface area (Å²) in [4.78, 5) is 10.8. The summed E-state index contributed by atoms with van der Waals surface area (Å²) in [5, 5.41) is 6.72. The zero-order valence-corrected chi connectivity index (χ0v) is 11.8. The molecule has 1 aliphatic rings. The minimum atomic E-state index is 0.639. The summed E-state index contributed by atoms with van der Waals surface area (Å²) in [6.07, 6.45) is 2.65. The third-order valence-corrected chi connectivity index (χ3v) is 3.38. The first-order valence-electron chi connectivity index (χ1n) is 6.84. The van der Waals surface area contributed by atoms with Crippen molar-refractivity contribution in [3.05, 3.63) is 11.9 Å². The molecule has 2 heterocycles. The van der Waals surface area contributed by atoms with E-state index in [4.69, 9.17) is 4.74 Å². The maximum Gasteiger partial charge on any atom is 0.221 e. The number of anilines is 1. The van der Waals surface area contributed by atoms with Crippen molar-refractivity contribution >= 4 is 5.82 Å². The molecule has 1 fully saturated rings. The average Bonchev–Trinajstić information content (AvgIpc) is 2.46. The number of ether oxygens (including phenoxy) is 1. The Morgan fingerprint density at radius 1 is 1.37 bits per heavy atom. The molecular formula is C13H23N5O. The van der Waals surface area contributed by atoms with E-state index in [0.717, 1.165) is 57.1 Å². The van der Waals surface area contributed by atoms with E-state index in [9.17, 15) is 0 Å². The fourth-order valence-electron chi connectivity index (χ4n) is 2.26. The SMILES string of the molecule is COc1ncnc(NCCCN2CCNCC2)c1C. The molecule has 6 nitrogen and oxygen atoms in total. The van der Waals surface area contributed by atoms with Crippen molar-refractivity contribution < 1.29 is 4.74 Å². The van der Waals surface area contributed by atoms with Crippen molar-refractivity contribution in [1.29, 1.82) is 0 Å². The van der Waals surface area contributed by atoms with Crippen molar-refractivity contribution in [2.24, 2.45) is 0 Å². The lowest BCUT2D eigenvalue weighted by molar-refractivity contribution is 0.240. The molecule has 0 amide bonds. The Morgan fingerprint density at radius 2 is 2.16 bits per heavy atom. The molecule has 0 saturated carbocycles. The summed E-state index contributed by atoms with van der Waals surface area (Å²) in [5.74, 6) is 1.51. The standard InChI is InChI=1S/C13H23N5O/c1-11-12(16-10-17-13(11)19-2)15-4-3-7-18-8-5-14-6-9-18/h10,14H,3-9H2,1-2H3,(H,15,16,17). The molecule has 0 bridgehead atoms. The highest BCUT2D eigenvalue weighted by molar-refractivity contribution is 5.47. The molecule has 0 radical (unpaired) electrons. The second-order valence-electron chi connectivity index (χ2n) is 4.73. The van der Waals surface area contributed by atoms with Gasteiger partial charge in [0.05, 0.1) is 12.7 Å². The largest absolute Gasteiger partial charge is 0.481 e. The van der Waals surface area contributed by atoms with Gasteiger partial charge in [-0.2, -0.15) is 0 Å². The Bertz CT molecular complexity index is 393. The molecule has 1 aliphatic heterocycles. The van der Waals surface area contributed by atoms with Gasteiger partial charge < -0.3 is 20.3 Å². The molecule has 0 spiro atoms. The molecule has 19 heavy (non-hydrogen) atoms. The van der Waals surface area contributed by atoms with Crippen LogP contribution in [-0.4, -0.2) is 61.2 Å². The second-order valence-corrected chi connectivity index (χ2v) is 4.73. The van der Waals surface area contributed by atoms with Crippen molar-refractivity contribution in [1.82, 2.24) is 20.2 Å². The zero-order valence-electron chi connectivity index (χ0n) is 11.8. The highest BCUT2D eigenvalue weighted by Gasteiger charge is 2.09. The molecular weight excluding hydrogens is 242 g/mol. The fraction of sp³-hybridized carbons (Fsp3) is 0.692. The zero-order chi connectivity index (χ0) is 13.5. The van der Waals surface area contributed by atoms with E-state index in [2.05, 4.69) is 25.5 Å². The van der Waals surface area contributed by atoms with Gasteiger partial charge in [0.2, 0.25) is 5.88 Å². The number of methoxy groups -OCH3 is 1. The average molecular weight is 265 g/mol. The number of piperazine rings is 1. The molecule has 2 N–H and O–H groups in total. The Kier molecular flexibility index (Phi) is 5.35. The number of nitrogens with one attached hydrogen (secondary N) is 2. The molecule has 0 unspecified atom stereocenters. The summed E-state index contributed by atoms with van der Waals surface area (Å²) in [6, 6.07) is 0. The molecule has 0 atom stereocenters. The number of rotatable bonds is 6. The highest BCUT2D eigenvalue weighted by Crippen LogP contribution is 2.19. The third-order valence-electron chi connectivity index (χ3n) is 3.38. The molecule has 6 heteroatoms. The van der Waals surface area contributed by atoms with Crippen molar-refractivity contribution in [2.45, 2.75) is 13.3 Å². The second kappa shape index (κ2) is 7.25. The molecule has 0 aliphatic carbocycles. The van der Waals surface area contributed by atoms with E-state index < -0.39 is 0 Å². The maximum atomic E-state index is 5.18. The Morgan fingerprint density at radius 3 is 2.89 bits per heavy atom. The van der Waals surface area contributed by atoms with E-state index in [0.29, 0.717) is 5.88 Å². The summed E-state index contributed by atoms with van der Waals surface area (Å²) in [5.41, 5.74) is 0.965. The van der Waals surface area contributed by atoms with E-state index >= 15 is 0 Å². The first-order valence-corrected chi connectivity index (χ1v) is 6.84. The van der Waals surface area contributed by atoms with Crippen molar-refractivity contribution in [2.75, 3.05) is 51.7 Å². The fourth-order valence-corrected chi connectivity index (χ4v) is 2.26. The summed E-state index contributed by atoms with van der Waals surface area (Å²) < 4.78 is 5.18. The first-order chi connectivity index (χ1) is 9.31. The Balaban J connectivity index is 1.73. The maximum absolute atomic E-state index is 5.18. The Labute approximate surface area is 114 Å². The van der Waals surface area contributed by atoms with Crippen LogP contribution in [0, 0.1) is 6.92 Å². The van der Waals surface area contributed by atoms with Gasteiger partial charge in [0.15, 0.2) is 0 Å². The van der Waals surface area contributed by atoms with Crippen LogP contribution in [0.5, 0.6) is 5.88 Å². The smallest absolute Gasteiger partial charge is 0.221 e. The third kappa shape index (κ3) is 4.04. The summed E-state index contributed by atoms with van der Waals surface area (Å²) >= 11 is 0. The molecule has 2 rings (SSSR count). The van der Waals surface area contributed by atoms with Gasteiger partial charge >= 0.3 is 0 Å². The number of aromatic nitrogens is 2. The number of hydrogen-bond donors (Lipinski definition) is 2. The lowest BCUT2D eigenvalue weighted by atomic mass is 10.3.